The molecule has 0 amide bonds. The minimum absolute atomic E-state index is 0.154. The van der Waals surface area contributed by atoms with Gasteiger partial charge in [-0.2, -0.15) is 0 Å². The van der Waals surface area contributed by atoms with Crippen LogP contribution in [0, 0.1) is 5.92 Å². The number of aromatic nitrogens is 3. The predicted molar refractivity (Wildman–Crippen MR) is 96.3 cm³/mol. The minimum atomic E-state index is -0.301. The number of aliphatic hydroxyl groups is 1. The van der Waals surface area contributed by atoms with Crippen LogP contribution in [0.4, 0.5) is 0 Å². The molecule has 1 fully saturated rings. The Hall–Kier alpha value is -2.44. The maximum atomic E-state index is 11.8. The van der Waals surface area contributed by atoms with Crippen molar-refractivity contribution < 1.29 is 5.11 Å². The number of rotatable bonds is 5. The quantitative estimate of drug-likeness (QED) is 0.661. The van der Waals surface area contributed by atoms with Crippen LogP contribution in [-0.4, -0.2) is 44.2 Å². The average molecular weight is 338 g/mol. The van der Waals surface area contributed by atoms with E-state index in [4.69, 9.17) is 0 Å². The van der Waals surface area contributed by atoms with E-state index >= 15 is 0 Å². The molecule has 130 valence electrons. The van der Waals surface area contributed by atoms with Crippen LogP contribution in [0.5, 0.6) is 0 Å². The highest BCUT2D eigenvalue weighted by atomic mass is 16.3. The Bertz CT molecular complexity index is 902. The molecule has 0 unspecified atom stereocenters. The highest BCUT2D eigenvalue weighted by Crippen LogP contribution is 2.25. The van der Waals surface area contributed by atoms with Crippen molar-refractivity contribution in [2.45, 2.75) is 25.5 Å². The van der Waals surface area contributed by atoms with Crippen molar-refractivity contribution in [2.75, 3.05) is 13.1 Å². The molecule has 1 aliphatic rings. The van der Waals surface area contributed by atoms with Gasteiger partial charge in [-0.25, -0.2) is 4.98 Å². The number of nitrogens with one attached hydrogen (secondary N) is 2. The van der Waals surface area contributed by atoms with Gasteiger partial charge in [-0.05, 0) is 24.3 Å². The number of benzene rings is 1. The first-order valence-corrected chi connectivity index (χ1v) is 8.68. The Balaban J connectivity index is 1.41. The number of H-pyrrole nitrogens is 2. The summed E-state index contributed by atoms with van der Waals surface area (Å²) < 4.78 is 0. The van der Waals surface area contributed by atoms with Gasteiger partial charge < -0.3 is 15.1 Å². The number of hydrogen-bond donors (Lipinski definition) is 3. The van der Waals surface area contributed by atoms with Crippen LogP contribution >= 0.6 is 0 Å². The normalized spacial score (nSPS) is 21.2. The van der Waals surface area contributed by atoms with Crippen LogP contribution in [0.1, 0.15) is 17.5 Å². The second-order valence-electron chi connectivity index (χ2n) is 6.81. The van der Waals surface area contributed by atoms with E-state index in [0.717, 1.165) is 24.9 Å². The fourth-order valence-electron chi connectivity index (χ4n) is 3.72. The van der Waals surface area contributed by atoms with E-state index in [1.54, 1.807) is 0 Å². The van der Waals surface area contributed by atoms with Gasteiger partial charge in [0.1, 0.15) is 5.52 Å². The number of β-amino-alcohol motifs (C(OH)–C–C–N with tert-alkyl or cyclic N) is 1. The molecule has 2 atom stereocenters. The molecule has 0 saturated carbocycles. The lowest BCUT2D eigenvalue weighted by Gasteiger charge is -2.15. The van der Waals surface area contributed by atoms with Gasteiger partial charge in [0.25, 0.3) is 5.56 Å². The second-order valence-corrected chi connectivity index (χ2v) is 6.81. The standard InChI is InChI=1S/C19H22N4O2/c24-16-11-23(9-14(16)7-6-13-4-2-1-3-5-13)10-15-8-20-18-17(15)21-12-22-19(18)25/h1-5,8,12,14,16,20,24H,6-7,9-11H2,(H,21,22,25)/t14-,16-/m0/s1. The molecule has 3 N–H and O–H groups in total. The maximum Gasteiger partial charge on any atom is 0.275 e. The Morgan fingerprint density at radius 3 is 2.88 bits per heavy atom. The molecule has 1 saturated heterocycles. The molecule has 6 heteroatoms. The third-order valence-electron chi connectivity index (χ3n) is 5.07. The molecule has 0 radical (unpaired) electrons. The summed E-state index contributed by atoms with van der Waals surface area (Å²) in [4.78, 5) is 23.9. The van der Waals surface area contributed by atoms with Crippen LogP contribution in [0.3, 0.4) is 0 Å². The average Bonchev–Trinajstić information content (AvgIpc) is 3.19. The van der Waals surface area contributed by atoms with E-state index in [9.17, 15) is 9.90 Å². The largest absolute Gasteiger partial charge is 0.391 e. The maximum absolute atomic E-state index is 11.8. The molecule has 1 aromatic carbocycles. The van der Waals surface area contributed by atoms with Gasteiger partial charge >= 0.3 is 0 Å². The Kier molecular flexibility index (Phi) is 4.38. The third kappa shape index (κ3) is 3.36. The zero-order valence-electron chi connectivity index (χ0n) is 14.0. The molecule has 3 aromatic rings. The lowest BCUT2D eigenvalue weighted by molar-refractivity contribution is 0.137. The van der Waals surface area contributed by atoms with E-state index < -0.39 is 0 Å². The summed E-state index contributed by atoms with van der Waals surface area (Å²) in [7, 11) is 0. The molecule has 2 aromatic heterocycles. The van der Waals surface area contributed by atoms with Crippen molar-refractivity contribution in [3.8, 4) is 0 Å². The fourth-order valence-corrected chi connectivity index (χ4v) is 3.72. The molecule has 4 rings (SSSR count). The first-order chi connectivity index (χ1) is 12.2. The van der Waals surface area contributed by atoms with E-state index in [0.29, 0.717) is 24.1 Å². The van der Waals surface area contributed by atoms with Crippen LogP contribution in [0.15, 0.2) is 47.7 Å². The van der Waals surface area contributed by atoms with Gasteiger partial charge in [-0.3, -0.25) is 9.69 Å². The molecule has 25 heavy (non-hydrogen) atoms. The highest BCUT2D eigenvalue weighted by Gasteiger charge is 2.31. The highest BCUT2D eigenvalue weighted by molar-refractivity contribution is 5.77. The van der Waals surface area contributed by atoms with Crippen molar-refractivity contribution in [3.05, 3.63) is 64.3 Å². The molecular weight excluding hydrogens is 316 g/mol. The molecule has 0 spiro atoms. The third-order valence-corrected chi connectivity index (χ3v) is 5.07. The van der Waals surface area contributed by atoms with E-state index in [1.165, 1.54) is 11.9 Å². The fraction of sp³-hybridized carbons (Fsp3) is 0.368. The van der Waals surface area contributed by atoms with Gasteiger partial charge in [0.05, 0.1) is 17.9 Å². The van der Waals surface area contributed by atoms with Crippen LogP contribution in [0.2, 0.25) is 0 Å². The van der Waals surface area contributed by atoms with Gasteiger partial charge in [-0.1, -0.05) is 30.3 Å². The number of nitrogens with zero attached hydrogens (tertiary/aromatic N) is 2. The summed E-state index contributed by atoms with van der Waals surface area (Å²) >= 11 is 0. The van der Waals surface area contributed by atoms with Crippen molar-refractivity contribution in [1.82, 2.24) is 19.9 Å². The topological polar surface area (TPSA) is 85.0 Å². The molecular formula is C19H22N4O2. The summed E-state index contributed by atoms with van der Waals surface area (Å²) in [6.07, 6.45) is 4.94. The smallest absolute Gasteiger partial charge is 0.275 e. The zero-order valence-corrected chi connectivity index (χ0v) is 14.0. The van der Waals surface area contributed by atoms with E-state index in [-0.39, 0.29) is 17.6 Å². The van der Waals surface area contributed by atoms with Crippen molar-refractivity contribution in [3.63, 3.8) is 0 Å². The number of hydrogen-bond acceptors (Lipinski definition) is 4. The summed E-state index contributed by atoms with van der Waals surface area (Å²) in [6.45, 7) is 2.22. The minimum Gasteiger partial charge on any atom is -0.391 e. The molecule has 3 heterocycles. The Labute approximate surface area is 145 Å². The first-order valence-electron chi connectivity index (χ1n) is 8.68. The van der Waals surface area contributed by atoms with Gasteiger partial charge in [0.2, 0.25) is 0 Å². The number of aromatic amines is 2. The number of likely N-dealkylation sites (tertiary alicyclic amines) is 1. The van der Waals surface area contributed by atoms with Crippen LogP contribution in [-0.2, 0) is 13.0 Å². The monoisotopic (exact) mass is 338 g/mol. The van der Waals surface area contributed by atoms with Crippen molar-refractivity contribution in [2.24, 2.45) is 5.92 Å². The lowest BCUT2D eigenvalue weighted by atomic mass is 9.97. The summed E-state index contributed by atoms with van der Waals surface area (Å²) in [5, 5.41) is 10.4. The number of fused-ring (bicyclic) bond motifs is 1. The second kappa shape index (κ2) is 6.82. The zero-order chi connectivity index (χ0) is 17.2. The molecule has 0 aliphatic carbocycles. The molecule has 6 nitrogen and oxygen atoms in total. The SMILES string of the molecule is O=c1[nH]cnc2c(CN3C[C@H](CCc4ccccc4)[C@@H](O)C3)c[nH]c12. The van der Waals surface area contributed by atoms with Crippen LogP contribution in [0.25, 0.3) is 11.0 Å². The van der Waals surface area contributed by atoms with E-state index in [1.807, 2.05) is 12.3 Å². The van der Waals surface area contributed by atoms with Gasteiger partial charge in [-0.15, -0.1) is 0 Å². The Morgan fingerprint density at radius 1 is 1.20 bits per heavy atom. The summed E-state index contributed by atoms with van der Waals surface area (Å²) in [6, 6.07) is 10.4. The van der Waals surface area contributed by atoms with Crippen LogP contribution < -0.4 is 5.56 Å². The van der Waals surface area contributed by atoms with Gasteiger partial charge in [0.15, 0.2) is 0 Å². The number of aliphatic hydroxyl groups excluding tert-OH is 1. The molecule has 0 bridgehead atoms. The summed E-state index contributed by atoms with van der Waals surface area (Å²) in [5.74, 6) is 0.279. The first kappa shape index (κ1) is 16.1. The van der Waals surface area contributed by atoms with Crippen molar-refractivity contribution >= 4 is 11.0 Å². The molecule has 1 aliphatic heterocycles. The van der Waals surface area contributed by atoms with Crippen molar-refractivity contribution in [1.29, 1.82) is 0 Å². The lowest BCUT2D eigenvalue weighted by Crippen LogP contribution is -2.21. The number of aryl methyl sites for hydroxylation is 1. The predicted octanol–water partition coefficient (Wildman–Crippen LogP) is 1.68. The van der Waals surface area contributed by atoms with E-state index in [2.05, 4.69) is 44.1 Å². The Morgan fingerprint density at radius 2 is 2.04 bits per heavy atom. The summed E-state index contributed by atoms with van der Waals surface area (Å²) in [5.41, 5.74) is 3.38. The van der Waals surface area contributed by atoms with Gasteiger partial charge in [0, 0.05) is 31.4 Å².